The van der Waals surface area contributed by atoms with E-state index in [1.807, 2.05) is 13.8 Å². The van der Waals surface area contributed by atoms with Crippen LogP contribution in [0.3, 0.4) is 0 Å². The molecule has 0 N–H and O–H groups in total. The summed E-state index contributed by atoms with van der Waals surface area (Å²) in [6, 6.07) is 0. The van der Waals surface area contributed by atoms with Crippen LogP contribution < -0.4 is 0 Å². The molecule has 0 saturated carbocycles. The van der Waals surface area contributed by atoms with Crippen molar-refractivity contribution in [2.45, 2.75) is 27.2 Å². The van der Waals surface area contributed by atoms with Crippen LogP contribution >= 0.6 is 0 Å². The van der Waals surface area contributed by atoms with Crippen molar-refractivity contribution in [1.29, 1.82) is 0 Å². The van der Waals surface area contributed by atoms with E-state index in [2.05, 4.69) is 11.7 Å². The van der Waals surface area contributed by atoms with Crippen LogP contribution in [0.25, 0.3) is 0 Å². The molecule has 0 aromatic rings. The van der Waals surface area contributed by atoms with Gasteiger partial charge in [-0.3, -0.25) is 0 Å². The Bertz CT molecular complexity index is 282. The van der Waals surface area contributed by atoms with E-state index in [0.29, 0.717) is 0 Å². The number of methoxy groups -OCH3 is 1. The second kappa shape index (κ2) is 3.13. The summed E-state index contributed by atoms with van der Waals surface area (Å²) < 4.78 is 4.68. The van der Waals surface area contributed by atoms with Gasteiger partial charge in [0.15, 0.2) is 0 Å². The van der Waals surface area contributed by atoms with E-state index in [1.54, 1.807) is 0 Å². The lowest BCUT2D eigenvalue weighted by Crippen LogP contribution is -2.04. The number of hydrogen-bond donors (Lipinski definition) is 0. The molecule has 12 heavy (non-hydrogen) atoms. The number of carbonyl (C=O) groups is 1. The first kappa shape index (κ1) is 9.04. The molecule has 1 aliphatic carbocycles. The van der Waals surface area contributed by atoms with Crippen molar-refractivity contribution in [3.05, 3.63) is 22.3 Å². The number of rotatable bonds is 1. The predicted molar refractivity (Wildman–Crippen MR) is 47.7 cm³/mol. The minimum atomic E-state index is -0.191. The van der Waals surface area contributed by atoms with Crippen LogP contribution in [0.15, 0.2) is 22.3 Å². The van der Waals surface area contributed by atoms with Crippen molar-refractivity contribution < 1.29 is 9.53 Å². The Balaban J connectivity index is 2.94. The highest BCUT2D eigenvalue weighted by molar-refractivity contribution is 5.91. The molecule has 1 rings (SSSR count). The van der Waals surface area contributed by atoms with Crippen LogP contribution in [-0.4, -0.2) is 13.1 Å². The fraction of sp³-hybridized carbons (Fsp3) is 0.500. The maximum atomic E-state index is 11.2. The smallest absolute Gasteiger partial charge is 0.334 e. The van der Waals surface area contributed by atoms with Crippen LogP contribution in [0, 0.1) is 0 Å². The Kier molecular flexibility index (Phi) is 2.36. The van der Waals surface area contributed by atoms with Gasteiger partial charge in [0.2, 0.25) is 0 Å². The first-order valence-electron chi connectivity index (χ1n) is 4.02. The highest BCUT2D eigenvalue weighted by Crippen LogP contribution is 2.31. The Labute approximate surface area is 72.9 Å². The van der Waals surface area contributed by atoms with E-state index < -0.39 is 0 Å². The SMILES string of the molecule is COC(=O)C1=C(C)C(C)=C(C)C1. The first-order valence-corrected chi connectivity index (χ1v) is 4.02. The Morgan fingerprint density at radius 3 is 2.17 bits per heavy atom. The summed E-state index contributed by atoms with van der Waals surface area (Å²) >= 11 is 0. The standard InChI is InChI=1S/C10H14O2/c1-6-5-9(10(11)12-4)8(3)7(6)2/h5H2,1-4H3. The molecule has 0 aromatic carbocycles. The lowest BCUT2D eigenvalue weighted by Gasteiger charge is -2.01. The summed E-state index contributed by atoms with van der Waals surface area (Å²) in [6.07, 6.45) is 0.754. The zero-order valence-electron chi connectivity index (χ0n) is 8.02. The van der Waals surface area contributed by atoms with E-state index in [0.717, 1.165) is 17.6 Å². The van der Waals surface area contributed by atoms with Crippen LogP contribution in [0.1, 0.15) is 27.2 Å². The van der Waals surface area contributed by atoms with Gasteiger partial charge in [-0.2, -0.15) is 0 Å². The molecule has 0 bridgehead atoms. The van der Waals surface area contributed by atoms with Crippen molar-refractivity contribution in [2.75, 3.05) is 7.11 Å². The monoisotopic (exact) mass is 166 g/mol. The van der Waals surface area contributed by atoms with Gasteiger partial charge in [-0.25, -0.2) is 4.79 Å². The molecule has 1 aliphatic rings. The van der Waals surface area contributed by atoms with Gasteiger partial charge in [0.1, 0.15) is 0 Å². The minimum absolute atomic E-state index is 0.191. The number of esters is 1. The summed E-state index contributed by atoms with van der Waals surface area (Å²) in [6.45, 7) is 6.06. The number of hydrogen-bond acceptors (Lipinski definition) is 2. The van der Waals surface area contributed by atoms with Gasteiger partial charge in [-0.15, -0.1) is 0 Å². The molecule has 2 heteroatoms. The molecule has 0 heterocycles. The molecule has 0 aromatic heterocycles. The second-order valence-corrected chi connectivity index (χ2v) is 3.18. The van der Waals surface area contributed by atoms with Crippen LogP contribution in [0.4, 0.5) is 0 Å². The van der Waals surface area contributed by atoms with Gasteiger partial charge < -0.3 is 4.74 Å². The summed E-state index contributed by atoms with van der Waals surface area (Å²) in [5.74, 6) is -0.191. The van der Waals surface area contributed by atoms with Crippen LogP contribution in [-0.2, 0) is 9.53 Å². The van der Waals surface area contributed by atoms with E-state index in [4.69, 9.17) is 0 Å². The molecule has 66 valence electrons. The number of allylic oxidation sites excluding steroid dienone is 3. The summed E-state index contributed by atoms with van der Waals surface area (Å²) in [5.41, 5.74) is 4.40. The average molecular weight is 166 g/mol. The fourth-order valence-electron chi connectivity index (χ4n) is 1.43. The first-order chi connectivity index (χ1) is 5.57. The zero-order valence-corrected chi connectivity index (χ0v) is 8.02. The molecule has 0 unspecified atom stereocenters. The van der Waals surface area contributed by atoms with E-state index in [1.165, 1.54) is 18.3 Å². The number of carbonyl (C=O) groups excluding carboxylic acids is 1. The van der Waals surface area contributed by atoms with Gasteiger partial charge >= 0.3 is 5.97 Å². The largest absolute Gasteiger partial charge is 0.466 e. The highest BCUT2D eigenvalue weighted by atomic mass is 16.5. The molecule has 0 spiro atoms. The Hall–Kier alpha value is -1.05. The van der Waals surface area contributed by atoms with Gasteiger partial charge in [-0.1, -0.05) is 5.57 Å². The van der Waals surface area contributed by atoms with Crippen molar-refractivity contribution >= 4 is 5.97 Å². The number of ether oxygens (including phenoxy) is 1. The molecule has 0 radical (unpaired) electrons. The van der Waals surface area contributed by atoms with Gasteiger partial charge in [0, 0.05) is 12.0 Å². The quantitative estimate of drug-likeness (QED) is 0.558. The van der Waals surface area contributed by atoms with Crippen molar-refractivity contribution in [3.8, 4) is 0 Å². The van der Waals surface area contributed by atoms with Crippen molar-refractivity contribution in [2.24, 2.45) is 0 Å². The normalized spacial score (nSPS) is 17.3. The zero-order chi connectivity index (χ0) is 9.30. The predicted octanol–water partition coefficient (Wildman–Crippen LogP) is 2.22. The minimum Gasteiger partial charge on any atom is -0.466 e. The summed E-state index contributed by atoms with van der Waals surface area (Å²) in [4.78, 5) is 11.2. The fourth-order valence-corrected chi connectivity index (χ4v) is 1.43. The second-order valence-electron chi connectivity index (χ2n) is 3.18. The molecule has 0 aliphatic heterocycles. The third-order valence-electron chi connectivity index (χ3n) is 2.53. The van der Waals surface area contributed by atoms with E-state index in [-0.39, 0.29) is 5.97 Å². The van der Waals surface area contributed by atoms with Gasteiger partial charge in [0.05, 0.1) is 7.11 Å². The molecular weight excluding hydrogens is 152 g/mol. The average Bonchev–Trinajstić information content (AvgIpc) is 2.32. The topological polar surface area (TPSA) is 26.3 Å². The lowest BCUT2D eigenvalue weighted by molar-refractivity contribution is -0.136. The van der Waals surface area contributed by atoms with Crippen molar-refractivity contribution in [1.82, 2.24) is 0 Å². The third-order valence-corrected chi connectivity index (χ3v) is 2.53. The Morgan fingerprint density at radius 2 is 1.83 bits per heavy atom. The summed E-state index contributed by atoms with van der Waals surface area (Å²) in [5, 5.41) is 0. The van der Waals surface area contributed by atoms with Gasteiger partial charge in [0.25, 0.3) is 0 Å². The molecule has 0 fully saturated rings. The molecule has 2 nitrogen and oxygen atoms in total. The van der Waals surface area contributed by atoms with E-state index >= 15 is 0 Å². The van der Waals surface area contributed by atoms with Crippen molar-refractivity contribution in [3.63, 3.8) is 0 Å². The van der Waals surface area contributed by atoms with Gasteiger partial charge in [-0.05, 0) is 31.9 Å². The van der Waals surface area contributed by atoms with Crippen LogP contribution in [0.5, 0.6) is 0 Å². The van der Waals surface area contributed by atoms with Crippen LogP contribution in [0.2, 0.25) is 0 Å². The molecular formula is C10H14O2. The highest BCUT2D eigenvalue weighted by Gasteiger charge is 2.21. The molecule has 0 amide bonds. The molecule has 0 atom stereocenters. The molecule has 0 saturated heterocycles. The lowest BCUT2D eigenvalue weighted by atomic mass is 10.1. The third kappa shape index (κ3) is 1.29. The summed E-state index contributed by atoms with van der Waals surface area (Å²) in [7, 11) is 1.42. The van der Waals surface area contributed by atoms with E-state index in [9.17, 15) is 4.79 Å². The maximum absolute atomic E-state index is 11.2. The Morgan fingerprint density at radius 1 is 1.25 bits per heavy atom. The maximum Gasteiger partial charge on any atom is 0.334 e.